The molecule has 0 aliphatic carbocycles. The molecule has 0 fully saturated rings. The van der Waals surface area contributed by atoms with Gasteiger partial charge in [0.15, 0.2) is 0 Å². The molecule has 10 heteroatoms. The summed E-state index contributed by atoms with van der Waals surface area (Å²) in [7, 11) is -4.20. The number of aryl methyl sites for hydroxylation is 1. The first-order chi connectivity index (χ1) is 20.0. The van der Waals surface area contributed by atoms with Gasteiger partial charge in [-0.2, -0.15) is 0 Å². The fourth-order valence-electron chi connectivity index (χ4n) is 4.37. The van der Waals surface area contributed by atoms with Gasteiger partial charge in [-0.3, -0.25) is 13.9 Å². The van der Waals surface area contributed by atoms with Crippen LogP contribution in [0, 0.1) is 18.7 Å². The van der Waals surface area contributed by atoms with E-state index < -0.39 is 34.3 Å². The maximum atomic E-state index is 14.1. The Morgan fingerprint density at radius 3 is 2.10 bits per heavy atom. The number of hydrogen-bond donors (Lipinski definition) is 1. The number of hydrogen-bond acceptors (Lipinski definition) is 5. The van der Waals surface area contributed by atoms with Crippen LogP contribution in [-0.4, -0.2) is 50.9 Å². The second-order valence-electron chi connectivity index (χ2n) is 10.5. The van der Waals surface area contributed by atoms with Crippen LogP contribution in [0.1, 0.15) is 45.2 Å². The van der Waals surface area contributed by atoms with E-state index in [9.17, 15) is 22.4 Å². The standard InChI is InChI=1S/C32H40FN3O5S/c1-6-30(32(38)34-20-23(3)4)35(21-25-10-12-26(33)13-11-25)31(37)22-36(27-14-8-24(5)9-15-27)42(39,40)29-18-16-28(17-19-29)41-7-2/h8-19,23,30H,6-7,20-22H2,1-5H3,(H,34,38)/t30-/m1/s1. The minimum absolute atomic E-state index is 0.00242. The van der Waals surface area contributed by atoms with Crippen molar-refractivity contribution >= 4 is 27.5 Å². The molecular formula is C32H40FN3O5S. The van der Waals surface area contributed by atoms with E-state index in [1.165, 1.54) is 29.2 Å². The molecule has 3 aromatic carbocycles. The number of anilines is 1. The minimum atomic E-state index is -4.20. The number of carbonyl (C=O) groups excluding carboxylic acids is 2. The van der Waals surface area contributed by atoms with Gasteiger partial charge in [-0.25, -0.2) is 12.8 Å². The van der Waals surface area contributed by atoms with Crippen LogP contribution in [0.2, 0.25) is 0 Å². The Hall–Kier alpha value is -3.92. The molecule has 0 saturated heterocycles. The molecule has 3 aromatic rings. The lowest BCUT2D eigenvalue weighted by molar-refractivity contribution is -0.140. The predicted octanol–water partition coefficient (Wildman–Crippen LogP) is 5.31. The monoisotopic (exact) mass is 597 g/mol. The van der Waals surface area contributed by atoms with Gasteiger partial charge in [0, 0.05) is 13.1 Å². The molecule has 42 heavy (non-hydrogen) atoms. The van der Waals surface area contributed by atoms with Gasteiger partial charge in [0.1, 0.15) is 24.2 Å². The zero-order valence-electron chi connectivity index (χ0n) is 24.8. The largest absolute Gasteiger partial charge is 0.494 e. The van der Waals surface area contributed by atoms with Crippen LogP contribution in [0.3, 0.4) is 0 Å². The molecule has 0 radical (unpaired) electrons. The van der Waals surface area contributed by atoms with Crippen LogP contribution >= 0.6 is 0 Å². The van der Waals surface area contributed by atoms with E-state index in [0.717, 1.165) is 9.87 Å². The molecule has 0 unspecified atom stereocenters. The average molecular weight is 598 g/mol. The summed E-state index contributed by atoms with van der Waals surface area (Å²) in [5.74, 6) is -0.605. The predicted molar refractivity (Wildman–Crippen MR) is 162 cm³/mol. The number of nitrogens with zero attached hydrogens (tertiary/aromatic N) is 2. The van der Waals surface area contributed by atoms with Crippen molar-refractivity contribution < 1.29 is 27.1 Å². The molecule has 226 valence electrons. The summed E-state index contributed by atoms with van der Waals surface area (Å²) >= 11 is 0. The highest BCUT2D eigenvalue weighted by atomic mass is 32.2. The number of amides is 2. The molecule has 0 aliphatic heterocycles. The highest BCUT2D eigenvalue weighted by Gasteiger charge is 2.33. The van der Waals surface area contributed by atoms with Crippen molar-refractivity contribution in [3.05, 3.63) is 89.7 Å². The van der Waals surface area contributed by atoms with Crippen molar-refractivity contribution in [1.82, 2.24) is 10.2 Å². The number of carbonyl (C=O) groups is 2. The normalized spacial score (nSPS) is 12.1. The summed E-state index contributed by atoms with van der Waals surface area (Å²) in [6.45, 7) is 9.75. The smallest absolute Gasteiger partial charge is 0.264 e. The van der Waals surface area contributed by atoms with Gasteiger partial charge in [0.25, 0.3) is 10.0 Å². The molecule has 2 amide bonds. The summed E-state index contributed by atoms with van der Waals surface area (Å²) in [4.78, 5) is 28.7. The van der Waals surface area contributed by atoms with Crippen molar-refractivity contribution in [3.63, 3.8) is 0 Å². The molecular weight excluding hydrogens is 557 g/mol. The number of benzene rings is 3. The van der Waals surface area contributed by atoms with E-state index >= 15 is 0 Å². The van der Waals surface area contributed by atoms with Gasteiger partial charge in [0.05, 0.1) is 17.2 Å². The second-order valence-corrected chi connectivity index (χ2v) is 12.3. The summed E-state index contributed by atoms with van der Waals surface area (Å²) in [6, 6.07) is 17.6. The summed E-state index contributed by atoms with van der Waals surface area (Å²) in [6.07, 6.45) is 0.299. The Morgan fingerprint density at radius 2 is 1.55 bits per heavy atom. The first-order valence-electron chi connectivity index (χ1n) is 14.1. The highest BCUT2D eigenvalue weighted by Crippen LogP contribution is 2.26. The summed E-state index contributed by atoms with van der Waals surface area (Å²) < 4.78 is 48.1. The molecule has 1 atom stereocenters. The topological polar surface area (TPSA) is 96.0 Å². The minimum Gasteiger partial charge on any atom is -0.494 e. The van der Waals surface area contributed by atoms with E-state index in [1.807, 2.05) is 27.7 Å². The third-order valence-electron chi connectivity index (χ3n) is 6.66. The zero-order valence-corrected chi connectivity index (χ0v) is 25.7. The van der Waals surface area contributed by atoms with Crippen LogP contribution in [0.5, 0.6) is 5.75 Å². The van der Waals surface area contributed by atoms with Crippen molar-refractivity contribution in [2.24, 2.45) is 5.92 Å². The zero-order chi connectivity index (χ0) is 30.9. The molecule has 3 rings (SSSR count). The molecule has 1 N–H and O–H groups in total. The molecule has 0 aliphatic rings. The van der Waals surface area contributed by atoms with Gasteiger partial charge >= 0.3 is 0 Å². The number of nitrogens with one attached hydrogen (secondary N) is 1. The lowest BCUT2D eigenvalue weighted by Crippen LogP contribution is -2.52. The Bertz CT molecular complexity index is 1430. The van der Waals surface area contributed by atoms with E-state index in [4.69, 9.17) is 4.74 Å². The van der Waals surface area contributed by atoms with E-state index in [2.05, 4.69) is 5.32 Å². The Kier molecular flexibility index (Phi) is 11.5. The first kappa shape index (κ1) is 32.6. The fraction of sp³-hybridized carbons (Fsp3) is 0.375. The number of rotatable bonds is 14. The van der Waals surface area contributed by atoms with Crippen LogP contribution in [-0.2, 0) is 26.2 Å². The van der Waals surface area contributed by atoms with Crippen LogP contribution in [0.25, 0.3) is 0 Å². The van der Waals surface area contributed by atoms with Crippen LogP contribution < -0.4 is 14.4 Å². The molecule has 0 heterocycles. The fourth-order valence-corrected chi connectivity index (χ4v) is 5.78. The molecule has 8 nitrogen and oxygen atoms in total. The lowest BCUT2D eigenvalue weighted by atomic mass is 10.1. The number of halogens is 1. The number of ether oxygens (including phenoxy) is 1. The number of sulfonamides is 1. The third kappa shape index (κ3) is 8.55. The second kappa shape index (κ2) is 14.8. The van der Waals surface area contributed by atoms with Gasteiger partial charge in [-0.15, -0.1) is 0 Å². The van der Waals surface area contributed by atoms with E-state index in [1.54, 1.807) is 55.5 Å². The van der Waals surface area contributed by atoms with Crippen molar-refractivity contribution in [2.45, 2.75) is 58.5 Å². The summed E-state index contributed by atoms with van der Waals surface area (Å²) in [5, 5.41) is 2.89. The Balaban J connectivity index is 2.03. The first-order valence-corrected chi connectivity index (χ1v) is 15.5. The van der Waals surface area contributed by atoms with Gasteiger partial charge in [-0.1, -0.05) is 50.6 Å². The maximum absolute atomic E-state index is 14.1. The van der Waals surface area contributed by atoms with Crippen molar-refractivity contribution in [1.29, 1.82) is 0 Å². The molecule has 0 spiro atoms. The summed E-state index contributed by atoms with van der Waals surface area (Å²) in [5.41, 5.74) is 1.84. The van der Waals surface area contributed by atoms with Crippen molar-refractivity contribution in [3.8, 4) is 5.75 Å². The quantitative estimate of drug-likeness (QED) is 0.272. The Labute approximate surface area is 248 Å². The van der Waals surface area contributed by atoms with Crippen LogP contribution in [0.4, 0.5) is 10.1 Å². The van der Waals surface area contributed by atoms with E-state index in [-0.39, 0.29) is 23.3 Å². The highest BCUT2D eigenvalue weighted by molar-refractivity contribution is 7.92. The molecule has 0 saturated carbocycles. The van der Waals surface area contributed by atoms with Gasteiger partial charge < -0.3 is 15.0 Å². The maximum Gasteiger partial charge on any atom is 0.264 e. The van der Waals surface area contributed by atoms with E-state index in [0.29, 0.717) is 36.6 Å². The van der Waals surface area contributed by atoms with Gasteiger partial charge in [-0.05, 0) is 80.3 Å². The van der Waals surface area contributed by atoms with Crippen LogP contribution in [0.15, 0.2) is 77.7 Å². The van der Waals surface area contributed by atoms with Gasteiger partial charge in [0.2, 0.25) is 11.8 Å². The lowest BCUT2D eigenvalue weighted by Gasteiger charge is -2.33. The third-order valence-corrected chi connectivity index (χ3v) is 8.45. The molecule has 0 bridgehead atoms. The SMILES string of the molecule is CCOc1ccc(S(=O)(=O)N(CC(=O)N(Cc2ccc(F)cc2)[C@H](CC)C(=O)NCC(C)C)c2ccc(C)cc2)cc1. The average Bonchev–Trinajstić information content (AvgIpc) is 2.96. The molecule has 0 aromatic heterocycles. The van der Waals surface area contributed by atoms with Crippen molar-refractivity contribution in [2.75, 3.05) is 24.0 Å². The Morgan fingerprint density at radius 1 is 0.929 bits per heavy atom.